The summed E-state index contributed by atoms with van der Waals surface area (Å²) in [6.07, 6.45) is -0.694. The third-order valence-corrected chi connectivity index (χ3v) is 5.56. The lowest BCUT2D eigenvalue weighted by Gasteiger charge is -2.38. The number of hydrogen-bond donors (Lipinski definition) is 1. The van der Waals surface area contributed by atoms with Crippen LogP contribution in [0.15, 0.2) is 42.5 Å². The number of nitrogens with one attached hydrogen (secondary N) is 1. The molecule has 1 saturated heterocycles. The molecular weight excluding hydrogens is 429 g/mol. The Bertz CT molecular complexity index is 950. The van der Waals surface area contributed by atoms with E-state index in [-0.39, 0.29) is 24.9 Å². The van der Waals surface area contributed by atoms with Crippen LogP contribution in [0.5, 0.6) is 5.75 Å². The minimum Gasteiger partial charge on any atom is -0.477 e. The van der Waals surface area contributed by atoms with E-state index in [0.717, 1.165) is 5.69 Å². The van der Waals surface area contributed by atoms with Crippen molar-refractivity contribution in [1.29, 1.82) is 0 Å². The number of carbonyl (C=O) groups excluding carboxylic acids is 2. The molecule has 0 aliphatic carbocycles. The summed E-state index contributed by atoms with van der Waals surface area (Å²) in [5.41, 5.74) is 1.20. The molecule has 2 aromatic carbocycles. The normalized spacial score (nSPS) is 18.4. The van der Waals surface area contributed by atoms with Crippen molar-refractivity contribution in [2.24, 2.45) is 0 Å². The highest BCUT2D eigenvalue weighted by Gasteiger charge is 2.34. The number of nitrogens with zero attached hydrogens (tertiary/aromatic N) is 2. The van der Waals surface area contributed by atoms with E-state index in [9.17, 15) is 9.59 Å². The summed E-state index contributed by atoms with van der Waals surface area (Å²) in [7, 11) is 0. The van der Waals surface area contributed by atoms with E-state index in [0.29, 0.717) is 47.8 Å². The summed E-state index contributed by atoms with van der Waals surface area (Å²) in [5.74, 6) is 0.202. The first-order chi connectivity index (χ1) is 14.5. The first-order valence-electron chi connectivity index (χ1n) is 9.63. The summed E-state index contributed by atoms with van der Waals surface area (Å²) >= 11 is 12.1. The second-order valence-corrected chi connectivity index (χ2v) is 7.91. The molecule has 2 amide bonds. The molecule has 9 heteroatoms. The second-order valence-electron chi connectivity index (χ2n) is 7.06. The molecule has 30 heavy (non-hydrogen) atoms. The molecule has 2 heterocycles. The molecule has 1 N–H and O–H groups in total. The highest BCUT2D eigenvalue weighted by Crippen LogP contribution is 2.33. The maximum absolute atomic E-state index is 13.0. The lowest BCUT2D eigenvalue weighted by molar-refractivity contribution is -0.142. The van der Waals surface area contributed by atoms with Crippen LogP contribution in [0, 0.1) is 0 Å². The van der Waals surface area contributed by atoms with Gasteiger partial charge in [-0.15, -0.1) is 0 Å². The zero-order valence-electron chi connectivity index (χ0n) is 16.1. The van der Waals surface area contributed by atoms with Crippen LogP contribution in [0.4, 0.5) is 11.4 Å². The van der Waals surface area contributed by atoms with Gasteiger partial charge in [0.1, 0.15) is 5.75 Å². The molecule has 4 rings (SSSR count). The van der Waals surface area contributed by atoms with Gasteiger partial charge in [-0.25, -0.2) is 0 Å². The van der Waals surface area contributed by atoms with Crippen molar-refractivity contribution < 1.29 is 19.1 Å². The van der Waals surface area contributed by atoms with Crippen LogP contribution in [0.2, 0.25) is 10.0 Å². The van der Waals surface area contributed by atoms with Crippen molar-refractivity contribution >= 4 is 46.4 Å². The van der Waals surface area contributed by atoms with Crippen LogP contribution >= 0.6 is 23.2 Å². The number of amides is 2. The number of hydrogen-bond acceptors (Lipinski definition) is 5. The van der Waals surface area contributed by atoms with Gasteiger partial charge in [-0.1, -0.05) is 35.3 Å². The predicted octanol–water partition coefficient (Wildman–Crippen LogP) is 3.06. The second kappa shape index (κ2) is 9.12. The molecule has 0 radical (unpaired) electrons. The van der Waals surface area contributed by atoms with Crippen LogP contribution in [-0.2, 0) is 14.3 Å². The molecule has 0 saturated carbocycles. The number of carbonyl (C=O) groups is 2. The molecule has 158 valence electrons. The van der Waals surface area contributed by atoms with Gasteiger partial charge in [-0.3, -0.25) is 9.59 Å². The Labute approximate surface area is 184 Å². The van der Waals surface area contributed by atoms with Crippen LogP contribution in [0.1, 0.15) is 0 Å². The fraction of sp³-hybridized carbons (Fsp3) is 0.333. The first kappa shape index (κ1) is 20.8. The predicted molar refractivity (Wildman–Crippen MR) is 116 cm³/mol. The van der Waals surface area contributed by atoms with Gasteiger partial charge in [0.05, 0.1) is 42.7 Å². The van der Waals surface area contributed by atoms with E-state index in [1.165, 1.54) is 0 Å². The molecule has 0 spiro atoms. The van der Waals surface area contributed by atoms with E-state index in [2.05, 4.69) is 5.32 Å². The summed E-state index contributed by atoms with van der Waals surface area (Å²) in [6.45, 7) is 2.41. The van der Waals surface area contributed by atoms with Gasteiger partial charge < -0.3 is 24.6 Å². The number of rotatable bonds is 4. The lowest BCUT2D eigenvalue weighted by atomic mass is 10.1. The number of morpholine rings is 1. The SMILES string of the molecule is O=C(CN1C[C@@H](C(=O)N2CCOCC2)Oc2ccccc21)Nc1cc(Cl)ccc1Cl. The number of fused-ring (bicyclic) bond motifs is 1. The average molecular weight is 450 g/mol. The highest BCUT2D eigenvalue weighted by atomic mass is 35.5. The molecule has 0 unspecified atom stereocenters. The van der Waals surface area contributed by atoms with Crippen molar-refractivity contribution in [1.82, 2.24) is 4.90 Å². The smallest absolute Gasteiger partial charge is 0.265 e. The Kier molecular flexibility index (Phi) is 6.32. The van der Waals surface area contributed by atoms with Gasteiger partial charge >= 0.3 is 0 Å². The average Bonchev–Trinajstić information content (AvgIpc) is 2.76. The van der Waals surface area contributed by atoms with E-state index in [1.807, 2.05) is 23.1 Å². The van der Waals surface area contributed by atoms with Crippen LogP contribution in [0.3, 0.4) is 0 Å². The van der Waals surface area contributed by atoms with Gasteiger partial charge in [-0.05, 0) is 30.3 Å². The van der Waals surface area contributed by atoms with Crippen LogP contribution in [-0.4, -0.2) is 62.2 Å². The molecule has 7 nitrogen and oxygen atoms in total. The Morgan fingerprint density at radius 3 is 2.67 bits per heavy atom. The fourth-order valence-electron chi connectivity index (χ4n) is 3.53. The molecule has 0 bridgehead atoms. The number of benzene rings is 2. The van der Waals surface area contributed by atoms with Gasteiger partial charge in [0.2, 0.25) is 5.91 Å². The third-order valence-electron chi connectivity index (χ3n) is 5.00. The summed E-state index contributed by atoms with van der Waals surface area (Å²) in [6, 6.07) is 12.2. The molecule has 0 aromatic heterocycles. The monoisotopic (exact) mass is 449 g/mol. The Morgan fingerprint density at radius 2 is 1.87 bits per heavy atom. The maximum Gasteiger partial charge on any atom is 0.265 e. The number of halogens is 2. The van der Waals surface area contributed by atoms with E-state index >= 15 is 0 Å². The minimum absolute atomic E-state index is 0.0378. The van der Waals surface area contributed by atoms with Crippen molar-refractivity contribution in [3.05, 3.63) is 52.5 Å². The van der Waals surface area contributed by atoms with Gasteiger partial charge in [0.15, 0.2) is 6.10 Å². The van der Waals surface area contributed by atoms with Gasteiger partial charge in [0.25, 0.3) is 5.91 Å². The van der Waals surface area contributed by atoms with Gasteiger partial charge in [0, 0.05) is 18.1 Å². The molecule has 1 fully saturated rings. The third kappa shape index (κ3) is 4.64. The Morgan fingerprint density at radius 1 is 1.10 bits per heavy atom. The summed E-state index contributed by atoms with van der Waals surface area (Å²) < 4.78 is 11.3. The molecule has 2 aromatic rings. The number of anilines is 2. The summed E-state index contributed by atoms with van der Waals surface area (Å²) in [5, 5.41) is 3.66. The van der Waals surface area contributed by atoms with Gasteiger partial charge in [-0.2, -0.15) is 0 Å². The van der Waals surface area contributed by atoms with E-state index < -0.39 is 6.10 Å². The quantitative estimate of drug-likeness (QED) is 0.776. The zero-order chi connectivity index (χ0) is 21.1. The highest BCUT2D eigenvalue weighted by molar-refractivity contribution is 6.35. The minimum atomic E-state index is -0.694. The van der Waals surface area contributed by atoms with E-state index in [4.69, 9.17) is 32.7 Å². The maximum atomic E-state index is 13.0. The number of ether oxygens (including phenoxy) is 2. The van der Waals surface area contributed by atoms with Crippen molar-refractivity contribution in [3.63, 3.8) is 0 Å². The largest absolute Gasteiger partial charge is 0.477 e. The lowest BCUT2D eigenvalue weighted by Crippen LogP contribution is -2.53. The molecule has 2 aliphatic heterocycles. The Hall–Kier alpha value is -2.48. The van der Waals surface area contributed by atoms with Crippen LogP contribution < -0.4 is 15.0 Å². The fourth-order valence-corrected chi connectivity index (χ4v) is 3.87. The molecule has 2 aliphatic rings. The van der Waals surface area contributed by atoms with Crippen molar-refractivity contribution in [3.8, 4) is 5.75 Å². The van der Waals surface area contributed by atoms with Crippen LogP contribution in [0.25, 0.3) is 0 Å². The first-order valence-corrected chi connectivity index (χ1v) is 10.4. The van der Waals surface area contributed by atoms with Crippen molar-refractivity contribution in [2.75, 3.05) is 49.6 Å². The standard InChI is InChI=1S/C21H21Cl2N3O4/c22-14-5-6-15(23)16(11-14)24-20(27)13-26-12-19(21(28)25-7-9-29-10-8-25)30-18-4-2-1-3-17(18)26/h1-6,11,19H,7-10,12-13H2,(H,24,27)/t19-/m0/s1. The summed E-state index contributed by atoms with van der Waals surface area (Å²) in [4.78, 5) is 29.3. The van der Waals surface area contributed by atoms with Crippen molar-refractivity contribution in [2.45, 2.75) is 6.10 Å². The topological polar surface area (TPSA) is 71.1 Å². The number of para-hydroxylation sites is 2. The Balaban J connectivity index is 1.50. The zero-order valence-corrected chi connectivity index (χ0v) is 17.7. The molecular formula is C21H21Cl2N3O4. The molecule has 1 atom stereocenters. The van der Waals surface area contributed by atoms with E-state index in [1.54, 1.807) is 29.2 Å².